The number of likely N-dealkylation sites (tertiary alicyclic amines) is 1. The van der Waals surface area contributed by atoms with Gasteiger partial charge in [-0.1, -0.05) is 37.3 Å². The number of hydrogen-bond acceptors (Lipinski definition) is 4. The van der Waals surface area contributed by atoms with E-state index in [2.05, 4.69) is 33.9 Å². The first kappa shape index (κ1) is 17.4. The second kappa shape index (κ2) is 7.64. The van der Waals surface area contributed by atoms with Crippen molar-refractivity contribution in [2.45, 2.75) is 33.2 Å². The standard InChI is InChI=1S/C20H26N4O/c1-15-9-11-24(12-10-15)20(25)18-13-19(22-16(2)21-18)23(3)14-17-7-5-4-6-8-17/h4-8,13,15H,9-12,14H2,1-3H3. The SMILES string of the molecule is Cc1nc(C(=O)N2CCC(C)CC2)cc(N(C)Cc2ccccc2)n1. The minimum atomic E-state index is 0.0201. The Hall–Kier alpha value is -2.43. The molecule has 0 saturated carbocycles. The summed E-state index contributed by atoms with van der Waals surface area (Å²) in [6.45, 7) is 6.46. The van der Waals surface area contributed by atoms with Crippen LogP contribution in [-0.2, 0) is 6.54 Å². The summed E-state index contributed by atoms with van der Waals surface area (Å²) < 4.78 is 0. The molecule has 2 heterocycles. The summed E-state index contributed by atoms with van der Waals surface area (Å²) >= 11 is 0. The zero-order valence-corrected chi connectivity index (χ0v) is 15.3. The number of carbonyl (C=O) groups is 1. The van der Waals surface area contributed by atoms with E-state index in [9.17, 15) is 4.79 Å². The molecule has 3 rings (SSSR count). The fourth-order valence-electron chi connectivity index (χ4n) is 3.17. The number of piperidine rings is 1. The van der Waals surface area contributed by atoms with E-state index < -0.39 is 0 Å². The molecule has 0 spiro atoms. The predicted molar refractivity (Wildman–Crippen MR) is 99.6 cm³/mol. The van der Waals surface area contributed by atoms with Crippen molar-refractivity contribution < 1.29 is 4.79 Å². The van der Waals surface area contributed by atoms with Gasteiger partial charge in [0.05, 0.1) is 0 Å². The Labute approximate surface area is 149 Å². The molecular formula is C20H26N4O. The fraction of sp³-hybridized carbons (Fsp3) is 0.450. The van der Waals surface area contributed by atoms with Crippen molar-refractivity contribution in [3.8, 4) is 0 Å². The molecule has 5 nitrogen and oxygen atoms in total. The summed E-state index contributed by atoms with van der Waals surface area (Å²) in [7, 11) is 1.99. The van der Waals surface area contributed by atoms with Gasteiger partial charge in [-0.25, -0.2) is 9.97 Å². The van der Waals surface area contributed by atoms with Crippen molar-refractivity contribution in [3.05, 3.63) is 53.5 Å². The smallest absolute Gasteiger partial charge is 0.272 e. The second-order valence-electron chi connectivity index (χ2n) is 6.97. The number of nitrogens with zero attached hydrogens (tertiary/aromatic N) is 4. The molecule has 1 amide bonds. The number of carbonyl (C=O) groups excluding carboxylic acids is 1. The highest BCUT2D eigenvalue weighted by atomic mass is 16.2. The molecule has 132 valence electrons. The topological polar surface area (TPSA) is 49.3 Å². The van der Waals surface area contributed by atoms with Crippen LogP contribution in [0.2, 0.25) is 0 Å². The Morgan fingerprint density at radius 2 is 1.88 bits per heavy atom. The molecule has 1 aliphatic heterocycles. The van der Waals surface area contributed by atoms with E-state index in [1.54, 1.807) is 0 Å². The van der Waals surface area contributed by atoms with Crippen molar-refractivity contribution in [1.82, 2.24) is 14.9 Å². The molecule has 0 unspecified atom stereocenters. The van der Waals surface area contributed by atoms with Crippen LogP contribution in [0.3, 0.4) is 0 Å². The first-order valence-corrected chi connectivity index (χ1v) is 8.93. The first-order valence-electron chi connectivity index (χ1n) is 8.93. The number of anilines is 1. The third-order valence-corrected chi connectivity index (χ3v) is 4.77. The molecule has 0 N–H and O–H groups in total. The van der Waals surface area contributed by atoms with Gasteiger partial charge in [0, 0.05) is 32.7 Å². The molecule has 1 aromatic heterocycles. The minimum absolute atomic E-state index is 0.0201. The summed E-state index contributed by atoms with van der Waals surface area (Å²) in [4.78, 5) is 25.7. The quantitative estimate of drug-likeness (QED) is 0.858. The lowest BCUT2D eigenvalue weighted by Crippen LogP contribution is -2.38. The van der Waals surface area contributed by atoms with Crippen LogP contribution in [-0.4, -0.2) is 40.9 Å². The highest BCUT2D eigenvalue weighted by molar-refractivity contribution is 5.93. The maximum atomic E-state index is 12.8. The van der Waals surface area contributed by atoms with Gasteiger partial charge >= 0.3 is 0 Å². The van der Waals surface area contributed by atoms with Gasteiger partial charge in [0.15, 0.2) is 0 Å². The summed E-state index contributed by atoms with van der Waals surface area (Å²) in [5, 5.41) is 0. The van der Waals surface area contributed by atoms with E-state index in [1.807, 2.05) is 43.1 Å². The predicted octanol–water partition coefficient (Wildman–Crippen LogP) is 3.29. The van der Waals surface area contributed by atoms with Crippen molar-refractivity contribution in [3.63, 3.8) is 0 Å². The van der Waals surface area contributed by atoms with Gasteiger partial charge in [-0.3, -0.25) is 4.79 Å². The Bertz CT molecular complexity index is 724. The van der Waals surface area contributed by atoms with E-state index >= 15 is 0 Å². The molecule has 0 bridgehead atoms. The van der Waals surface area contributed by atoms with E-state index in [4.69, 9.17) is 0 Å². The number of rotatable bonds is 4. The van der Waals surface area contributed by atoms with Crippen LogP contribution in [0.15, 0.2) is 36.4 Å². The van der Waals surface area contributed by atoms with E-state index in [0.717, 1.165) is 38.3 Å². The van der Waals surface area contributed by atoms with Crippen LogP contribution in [0.4, 0.5) is 5.82 Å². The summed E-state index contributed by atoms with van der Waals surface area (Å²) in [5.74, 6) is 2.13. The van der Waals surface area contributed by atoms with Crippen LogP contribution in [0.25, 0.3) is 0 Å². The zero-order valence-electron chi connectivity index (χ0n) is 15.3. The van der Waals surface area contributed by atoms with Gasteiger partial charge in [-0.2, -0.15) is 0 Å². The van der Waals surface area contributed by atoms with Crippen molar-refractivity contribution in [2.24, 2.45) is 5.92 Å². The number of aryl methyl sites for hydroxylation is 1. The highest BCUT2D eigenvalue weighted by Gasteiger charge is 2.23. The molecule has 0 radical (unpaired) electrons. The molecule has 0 aliphatic carbocycles. The number of hydrogen-bond donors (Lipinski definition) is 0. The number of amides is 1. The summed E-state index contributed by atoms with van der Waals surface area (Å²) in [6.07, 6.45) is 2.13. The molecule has 1 saturated heterocycles. The monoisotopic (exact) mass is 338 g/mol. The largest absolute Gasteiger partial charge is 0.355 e. The van der Waals surface area contributed by atoms with E-state index in [0.29, 0.717) is 17.4 Å². The van der Waals surface area contributed by atoms with Crippen LogP contribution < -0.4 is 4.90 Å². The summed E-state index contributed by atoms with van der Waals surface area (Å²) in [5.41, 5.74) is 1.70. The van der Waals surface area contributed by atoms with Gasteiger partial charge in [0.1, 0.15) is 17.3 Å². The van der Waals surface area contributed by atoms with Crippen molar-refractivity contribution >= 4 is 11.7 Å². The third kappa shape index (κ3) is 4.35. The van der Waals surface area contributed by atoms with Crippen LogP contribution in [0.1, 0.15) is 41.6 Å². The zero-order chi connectivity index (χ0) is 17.8. The average molecular weight is 338 g/mol. The lowest BCUT2D eigenvalue weighted by Gasteiger charge is -2.30. The second-order valence-corrected chi connectivity index (χ2v) is 6.97. The molecule has 1 aliphatic rings. The number of benzene rings is 1. The maximum absolute atomic E-state index is 12.8. The molecular weight excluding hydrogens is 312 g/mol. The van der Waals surface area contributed by atoms with Gasteiger partial charge in [0.25, 0.3) is 5.91 Å². The Morgan fingerprint density at radius 3 is 2.56 bits per heavy atom. The van der Waals surface area contributed by atoms with Gasteiger partial charge in [0.2, 0.25) is 0 Å². The van der Waals surface area contributed by atoms with Gasteiger partial charge in [-0.15, -0.1) is 0 Å². The lowest BCUT2D eigenvalue weighted by atomic mass is 9.99. The molecule has 1 aromatic carbocycles. The van der Waals surface area contributed by atoms with Crippen LogP contribution in [0, 0.1) is 12.8 Å². The van der Waals surface area contributed by atoms with Gasteiger partial charge in [-0.05, 0) is 31.2 Å². The molecule has 0 atom stereocenters. The number of aromatic nitrogens is 2. The fourth-order valence-corrected chi connectivity index (χ4v) is 3.17. The molecule has 5 heteroatoms. The normalized spacial score (nSPS) is 15.2. The minimum Gasteiger partial charge on any atom is -0.355 e. The van der Waals surface area contributed by atoms with Gasteiger partial charge < -0.3 is 9.80 Å². The Morgan fingerprint density at radius 1 is 1.20 bits per heavy atom. The van der Waals surface area contributed by atoms with Crippen LogP contribution in [0.5, 0.6) is 0 Å². The molecule has 25 heavy (non-hydrogen) atoms. The van der Waals surface area contributed by atoms with E-state index in [-0.39, 0.29) is 5.91 Å². The van der Waals surface area contributed by atoms with Crippen molar-refractivity contribution in [1.29, 1.82) is 0 Å². The van der Waals surface area contributed by atoms with Crippen LogP contribution >= 0.6 is 0 Å². The lowest BCUT2D eigenvalue weighted by molar-refractivity contribution is 0.0691. The average Bonchev–Trinajstić information content (AvgIpc) is 2.62. The van der Waals surface area contributed by atoms with Crippen molar-refractivity contribution in [2.75, 3.05) is 25.0 Å². The third-order valence-electron chi connectivity index (χ3n) is 4.77. The Balaban J connectivity index is 1.77. The first-order chi connectivity index (χ1) is 12.0. The summed E-state index contributed by atoms with van der Waals surface area (Å²) in [6, 6.07) is 12.1. The maximum Gasteiger partial charge on any atom is 0.272 e. The molecule has 2 aromatic rings. The Kier molecular flexibility index (Phi) is 5.31. The highest BCUT2D eigenvalue weighted by Crippen LogP contribution is 2.20. The van der Waals surface area contributed by atoms with E-state index in [1.165, 1.54) is 5.56 Å². The molecule has 1 fully saturated rings.